The summed E-state index contributed by atoms with van der Waals surface area (Å²) in [4.78, 5) is 15.2. The van der Waals surface area contributed by atoms with E-state index in [1.54, 1.807) is 42.2 Å². The molecule has 1 saturated heterocycles. The maximum absolute atomic E-state index is 12.0. The molecule has 1 aliphatic rings. The second-order valence-electron chi connectivity index (χ2n) is 5.36. The van der Waals surface area contributed by atoms with Gasteiger partial charge >= 0.3 is 10.1 Å². The van der Waals surface area contributed by atoms with Crippen LogP contribution < -0.4 is 4.18 Å². The molecule has 0 radical (unpaired) electrons. The van der Waals surface area contributed by atoms with E-state index in [1.807, 2.05) is 0 Å². The fourth-order valence-electron chi connectivity index (χ4n) is 2.41. The molecule has 0 bridgehead atoms. The molecule has 0 saturated carbocycles. The van der Waals surface area contributed by atoms with E-state index in [2.05, 4.69) is 4.90 Å². The highest BCUT2D eigenvalue weighted by Gasteiger charge is 2.19. The molecule has 2 rings (SSSR count). The van der Waals surface area contributed by atoms with Crippen LogP contribution in [0.3, 0.4) is 0 Å². The van der Waals surface area contributed by atoms with E-state index in [9.17, 15) is 13.2 Å². The molecule has 1 amide bonds. The number of para-hydroxylation sites is 1. The Bertz CT molecular complexity index is 589. The third kappa shape index (κ3) is 5.31. The van der Waals surface area contributed by atoms with Gasteiger partial charge in [0.2, 0.25) is 5.91 Å². The zero-order valence-corrected chi connectivity index (χ0v) is 13.6. The lowest BCUT2D eigenvalue weighted by molar-refractivity contribution is -0.128. The number of benzene rings is 1. The van der Waals surface area contributed by atoms with E-state index in [1.165, 1.54) is 0 Å². The Morgan fingerprint density at radius 1 is 1.14 bits per heavy atom. The molecule has 0 aromatic heterocycles. The summed E-state index contributed by atoms with van der Waals surface area (Å²) in [5.41, 5.74) is 0. The van der Waals surface area contributed by atoms with Crippen LogP contribution in [0.4, 0.5) is 0 Å². The molecule has 0 aliphatic carbocycles. The molecular formula is C15H22N2O4S. The smallest absolute Gasteiger partial charge is 0.310 e. The van der Waals surface area contributed by atoms with Crippen molar-refractivity contribution in [2.75, 3.05) is 38.5 Å². The van der Waals surface area contributed by atoms with Crippen LogP contribution in [0.1, 0.15) is 13.3 Å². The van der Waals surface area contributed by atoms with Gasteiger partial charge in [0.05, 0.1) is 5.75 Å². The van der Waals surface area contributed by atoms with E-state index < -0.39 is 10.1 Å². The SMILES string of the molecule is CC(=O)N1CCCN(CCS(=O)(=O)Oc2ccccc2)CC1. The molecule has 7 heteroatoms. The predicted octanol–water partition coefficient (Wildman–Crippen LogP) is 0.949. The highest BCUT2D eigenvalue weighted by molar-refractivity contribution is 7.87. The quantitative estimate of drug-likeness (QED) is 0.754. The monoisotopic (exact) mass is 326 g/mol. The van der Waals surface area contributed by atoms with Gasteiger partial charge in [-0.05, 0) is 25.1 Å². The normalized spacial score (nSPS) is 17.0. The largest absolute Gasteiger partial charge is 0.382 e. The summed E-state index contributed by atoms with van der Waals surface area (Å²) in [6, 6.07) is 8.51. The Balaban J connectivity index is 1.83. The van der Waals surface area contributed by atoms with Crippen LogP contribution in [-0.2, 0) is 14.9 Å². The van der Waals surface area contributed by atoms with Crippen LogP contribution >= 0.6 is 0 Å². The van der Waals surface area contributed by atoms with Crippen molar-refractivity contribution in [3.63, 3.8) is 0 Å². The zero-order chi connectivity index (χ0) is 16.0. The zero-order valence-electron chi connectivity index (χ0n) is 12.8. The molecule has 122 valence electrons. The standard InChI is InChI=1S/C15H22N2O4S/c1-14(18)17-9-5-8-16(10-11-17)12-13-22(19,20)21-15-6-3-2-4-7-15/h2-4,6-7H,5,8-13H2,1H3. The van der Waals surface area contributed by atoms with Crippen molar-refractivity contribution in [3.8, 4) is 5.75 Å². The van der Waals surface area contributed by atoms with Crippen LogP contribution in [0.2, 0.25) is 0 Å². The van der Waals surface area contributed by atoms with Gasteiger partial charge in [-0.2, -0.15) is 8.42 Å². The van der Waals surface area contributed by atoms with E-state index in [0.29, 0.717) is 25.4 Å². The topological polar surface area (TPSA) is 66.9 Å². The van der Waals surface area contributed by atoms with Crippen molar-refractivity contribution in [3.05, 3.63) is 30.3 Å². The highest BCUT2D eigenvalue weighted by Crippen LogP contribution is 2.12. The van der Waals surface area contributed by atoms with Crippen molar-refractivity contribution in [2.24, 2.45) is 0 Å². The van der Waals surface area contributed by atoms with Crippen LogP contribution in [-0.4, -0.2) is 62.6 Å². The molecule has 1 aromatic carbocycles. The summed E-state index contributed by atoms with van der Waals surface area (Å²) in [6.07, 6.45) is 0.860. The number of hydrogen-bond donors (Lipinski definition) is 0. The van der Waals surface area contributed by atoms with Crippen LogP contribution in [0, 0.1) is 0 Å². The first kappa shape index (κ1) is 16.8. The van der Waals surface area contributed by atoms with E-state index in [4.69, 9.17) is 4.18 Å². The summed E-state index contributed by atoms with van der Waals surface area (Å²) >= 11 is 0. The fourth-order valence-corrected chi connectivity index (χ4v) is 3.38. The number of carbonyl (C=O) groups is 1. The fraction of sp³-hybridized carbons (Fsp3) is 0.533. The Morgan fingerprint density at radius 3 is 2.55 bits per heavy atom. The Kier molecular flexibility index (Phi) is 5.79. The number of amides is 1. The van der Waals surface area contributed by atoms with Gasteiger partial charge in [0, 0.05) is 33.1 Å². The average Bonchev–Trinajstić information content (AvgIpc) is 2.71. The first-order valence-corrected chi connectivity index (χ1v) is 8.99. The molecule has 1 fully saturated rings. The van der Waals surface area contributed by atoms with Crippen LogP contribution in [0.15, 0.2) is 30.3 Å². The minimum atomic E-state index is -3.60. The third-order valence-corrected chi connectivity index (χ3v) is 4.79. The molecular weight excluding hydrogens is 304 g/mol. The summed E-state index contributed by atoms with van der Waals surface area (Å²) < 4.78 is 29.0. The Hall–Kier alpha value is -1.60. The van der Waals surface area contributed by atoms with Gasteiger partial charge in [-0.3, -0.25) is 4.79 Å². The van der Waals surface area contributed by atoms with Crippen molar-refractivity contribution < 1.29 is 17.4 Å². The van der Waals surface area contributed by atoms with Crippen molar-refractivity contribution in [1.29, 1.82) is 0 Å². The first-order chi connectivity index (χ1) is 10.5. The predicted molar refractivity (Wildman–Crippen MR) is 84.2 cm³/mol. The third-order valence-electron chi connectivity index (χ3n) is 3.66. The second kappa shape index (κ2) is 7.60. The van der Waals surface area contributed by atoms with E-state index in [-0.39, 0.29) is 11.7 Å². The molecule has 0 unspecified atom stereocenters. The Morgan fingerprint density at radius 2 is 1.86 bits per heavy atom. The number of nitrogens with zero attached hydrogens (tertiary/aromatic N) is 2. The lowest BCUT2D eigenvalue weighted by Gasteiger charge is -2.20. The van der Waals surface area contributed by atoms with Gasteiger partial charge in [-0.25, -0.2) is 0 Å². The van der Waals surface area contributed by atoms with E-state index >= 15 is 0 Å². The molecule has 1 aromatic rings. The average molecular weight is 326 g/mol. The lowest BCUT2D eigenvalue weighted by atomic mass is 10.3. The van der Waals surface area contributed by atoms with Gasteiger partial charge in [-0.15, -0.1) is 0 Å². The minimum Gasteiger partial charge on any atom is -0.382 e. The Labute approximate surface area is 131 Å². The lowest BCUT2D eigenvalue weighted by Crippen LogP contribution is -2.35. The maximum Gasteiger partial charge on any atom is 0.310 e. The van der Waals surface area contributed by atoms with Gasteiger partial charge in [0.25, 0.3) is 0 Å². The van der Waals surface area contributed by atoms with Gasteiger partial charge < -0.3 is 14.0 Å². The van der Waals surface area contributed by atoms with Crippen molar-refractivity contribution in [2.45, 2.75) is 13.3 Å². The molecule has 1 aliphatic heterocycles. The first-order valence-electron chi connectivity index (χ1n) is 7.41. The van der Waals surface area contributed by atoms with Crippen molar-refractivity contribution >= 4 is 16.0 Å². The minimum absolute atomic E-state index is 0.0536. The summed E-state index contributed by atoms with van der Waals surface area (Å²) in [6.45, 7) is 4.85. The molecule has 0 atom stereocenters. The van der Waals surface area contributed by atoms with Crippen LogP contribution in [0.25, 0.3) is 0 Å². The van der Waals surface area contributed by atoms with Crippen LogP contribution in [0.5, 0.6) is 5.75 Å². The summed E-state index contributed by atoms with van der Waals surface area (Å²) in [7, 11) is -3.60. The highest BCUT2D eigenvalue weighted by atomic mass is 32.2. The number of carbonyl (C=O) groups excluding carboxylic acids is 1. The van der Waals surface area contributed by atoms with E-state index in [0.717, 1.165) is 19.5 Å². The summed E-state index contributed by atoms with van der Waals surface area (Å²) in [5, 5.41) is 0. The molecule has 1 heterocycles. The number of hydrogen-bond acceptors (Lipinski definition) is 5. The molecule has 0 N–H and O–H groups in total. The molecule has 0 spiro atoms. The van der Waals surface area contributed by atoms with Crippen molar-refractivity contribution in [1.82, 2.24) is 9.80 Å². The maximum atomic E-state index is 12.0. The summed E-state index contributed by atoms with van der Waals surface area (Å²) in [5.74, 6) is 0.352. The van der Waals surface area contributed by atoms with Gasteiger partial charge in [0.15, 0.2) is 0 Å². The number of rotatable bonds is 5. The molecule has 6 nitrogen and oxygen atoms in total. The van der Waals surface area contributed by atoms with Gasteiger partial charge in [-0.1, -0.05) is 18.2 Å². The second-order valence-corrected chi connectivity index (χ2v) is 7.05. The van der Waals surface area contributed by atoms with Gasteiger partial charge in [0.1, 0.15) is 5.75 Å². The molecule has 22 heavy (non-hydrogen) atoms.